The van der Waals surface area contributed by atoms with E-state index in [1.165, 1.54) is 12.1 Å². The number of aromatic nitrogens is 1. The molecule has 0 N–H and O–H groups in total. The third kappa shape index (κ3) is 3.11. The first-order valence-electron chi connectivity index (χ1n) is 5.13. The van der Waals surface area contributed by atoms with Crippen molar-refractivity contribution in [3.63, 3.8) is 0 Å². The van der Waals surface area contributed by atoms with Gasteiger partial charge in [-0.25, -0.2) is 0 Å². The molecule has 0 aliphatic carbocycles. The number of benzene rings is 1. The normalized spacial score (nSPS) is 9.74. The van der Waals surface area contributed by atoms with Crippen molar-refractivity contribution in [3.05, 3.63) is 51.1 Å². The number of aldehydes is 1. The van der Waals surface area contributed by atoms with Gasteiger partial charge in [-0.2, -0.15) is 10.2 Å². The SMILES string of the molecule is N#Cc1ccc(Oc2ccc(Br)c(C=O)c2)nc1Cl. The van der Waals surface area contributed by atoms with E-state index in [4.69, 9.17) is 21.6 Å². The second kappa shape index (κ2) is 5.83. The fourth-order valence-electron chi connectivity index (χ4n) is 1.35. The second-order valence-electron chi connectivity index (χ2n) is 3.50. The third-order valence-electron chi connectivity index (χ3n) is 2.26. The summed E-state index contributed by atoms with van der Waals surface area (Å²) < 4.78 is 6.15. The quantitative estimate of drug-likeness (QED) is 0.628. The molecule has 1 aromatic heterocycles. The van der Waals surface area contributed by atoms with Gasteiger partial charge in [-0.3, -0.25) is 4.79 Å². The summed E-state index contributed by atoms with van der Waals surface area (Å²) in [5.41, 5.74) is 0.746. The second-order valence-corrected chi connectivity index (χ2v) is 4.72. The molecule has 0 bridgehead atoms. The first-order valence-corrected chi connectivity index (χ1v) is 6.30. The van der Waals surface area contributed by atoms with Gasteiger partial charge in [0.2, 0.25) is 5.88 Å². The summed E-state index contributed by atoms with van der Waals surface area (Å²) in [4.78, 5) is 14.7. The zero-order chi connectivity index (χ0) is 13.8. The molecule has 6 heteroatoms. The fraction of sp³-hybridized carbons (Fsp3) is 0. The van der Waals surface area contributed by atoms with Gasteiger partial charge in [0.25, 0.3) is 0 Å². The number of pyridine rings is 1. The van der Waals surface area contributed by atoms with Crippen LogP contribution < -0.4 is 4.74 Å². The molecule has 0 radical (unpaired) electrons. The van der Waals surface area contributed by atoms with Crippen molar-refractivity contribution in [3.8, 4) is 17.7 Å². The molecule has 0 amide bonds. The van der Waals surface area contributed by atoms with Gasteiger partial charge in [0.15, 0.2) is 11.4 Å². The molecule has 1 aromatic carbocycles. The minimum atomic E-state index is 0.0766. The summed E-state index contributed by atoms with van der Waals surface area (Å²) in [6, 6.07) is 9.92. The molecule has 0 atom stereocenters. The molecule has 0 saturated carbocycles. The molecule has 19 heavy (non-hydrogen) atoms. The molecule has 0 unspecified atom stereocenters. The van der Waals surface area contributed by atoms with Crippen molar-refractivity contribution in [2.24, 2.45) is 0 Å². The average Bonchev–Trinajstić information content (AvgIpc) is 2.41. The van der Waals surface area contributed by atoms with Crippen molar-refractivity contribution in [2.45, 2.75) is 0 Å². The Labute approximate surface area is 122 Å². The predicted molar refractivity (Wildman–Crippen MR) is 73.6 cm³/mol. The Kier molecular flexibility index (Phi) is 4.15. The van der Waals surface area contributed by atoms with Crippen LogP contribution in [0, 0.1) is 11.3 Å². The number of rotatable bonds is 3. The Morgan fingerprint density at radius 2 is 2.16 bits per heavy atom. The maximum atomic E-state index is 10.8. The number of ether oxygens (including phenoxy) is 1. The summed E-state index contributed by atoms with van der Waals surface area (Å²) in [6.07, 6.45) is 0.718. The van der Waals surface area contributed by atoms with E-state index >= 15 is 0 Å². The first-order chi connectivity index (χ1) is 9.13. The molecule has 0 fully saturated rings. The zero-order valence-corrected chi connectivity index (χ0v) is 11.8. The maximum Gasteiger partial charge on any atom is 0.220 e. The van der Waals surface area contributed by atoms with Crippen LogP contribution in [-0.4, -0.2) is 11.3 Å². The van der Waals surface area contributed by atoms with Crippen molar-refractivity contribution >= 4 is 33.8 Å². The minimum absolute atomic E-state index is 0.0766. The average molecular weight is 338 g/mol. The van der Waals surface area contributed by atoms with Crippen LogP contribution in [0.1, 0.15) is 15.9 Å². The highest BCUT2D eigenvalue weighted by Gasteiger charge is 2.06. The van der Waals surface area contributed by atoms with E-state index < -0.39 is 0 Å². The van der Waals surface area contributed by atoms with Gasteiger partial charge in [0.05, 0.1) is 5.56 Å². The van der Waals surface area contributed by atoms with Gasteiger partial charge in [0, 0.05) is 16.1 Å². The Bertz CT molecular complexity index is 683. The largest absolute Gasteiger partial charge is 0.439 e. The zero-order valence-electron chi connectivity index (χ0n) is 9.43. The maximum absolute atomic E-state index is 10.8. The summed E-state index contributed by atoms with van der Waals surface area (Å²) in [5, 5.41) is 8.82. The van der Waals surface area contributed by atoms with Gasteiger partial charge < -0.3 is 4.74 Å². The van der Waals surface area contributed by atoms with E-state index in [-0.39, 0.29) is 16.6 Å². The number of nitrogens with zero attached hydrogens (tertiary/aromatic N) is 2. The van der Waals surface area contributed by atoms with Crippen LogP contribution >= 0.6 is 27.5 Å². The lowest BCUT2D eigenvalue weighted by Gasteiger charge is -2.06. The van der Waals surface area contributed by atoms with Crippen LogP contribution in [0.2, 0.25) is 5.15 Å². The highest BCUT2D eigenvalue weighted by Crippen LogP contribution is 2.26. The van der Waals surface area contributed by atoms with Crippen LogP contribution in [0.3, 0.4) is 0 Å². The minimum Gasteiger partial charge on any atom is -0.439 e. The standard InChI is InChI=1S/C13H6BrClN2O2/c14-11-3-2-10(5-9(11)7-18)19-12-4-1-8(6-16)13(15)17-12/h1-5,7H. The van der Waals surface area contributed by atoms with Gasteiger partial charge in [0.1, 0.15) is 11.8 Å². The summed E-state index contributed by atoms with van der Waals surface area (Å²) in [7, 11) is 0. The Morgan fingerprint density at radius 3 is 2.79 bits per heavy atom. The predicted octanol–water partition coefficient (Wildman–Crippen LogP) is 3.97. The Balaban J connectivity index is 2.29. The van der Waals surface area contributed by atoms with Crippen LogP contribution in [0.25, 0.3) is 0 Å². The van der Waals surface area contributed by atoms with E-state index in [9.17, 15) is 4.79 Å². The van der Waals surface area contributed by atoms with Gasteiger partial charge in [-0.05, 0) is 24.3 Å². The number of carbonyl (C=O) groups excluding carboxylic acids is 1. The molecule has 94 valence electrons. The lowest BCUT2D eigenvalue weighted by molar-refractivity contribution is 0.112. The lowest BCUT2D eigenvalue weighted by Crippen LogP contribution is -1.91. The number of nitriles is 1. The van der Waals surface area contributed by atoms with Crippen molar-refractivity contribution in [1.82, 2.24) is 4.98 Å². The monoisotopic (exact) mass is 336 g/mol. The molecule has 2 aromatic rings. The topological polar surface area (TPSA) is 63.0 Å². The molecular formula is C13H6BrClN2O2. The highest BCUT2D eigenvalue weighted by atomic mass is 79.9. The molecule has 0 aliphatic heterocycles. The van der Waals surface area contributed by atoms with E-state index in [1.54, 1.807) is 18.2 Å². The van der Waals surface area contributed by atoms with Crippen LogP contribution in [-0.2, 0) is 0 Å². The molecule has 0 saturated heterocycles. The van der Waals surface area contributed by atoms with E-state index in [0.717, 1.165) is 6.29 Å². The molecular weight excluding hydrogens is 332 g/mol. The molecule has 1 heterocycles. The van der Waals surface area contributed by atoms with Gasteiger partial charge >= 0.3 is 0 Å². The molecule has 0 aliphatic rings. The summed E-state index contributed by atoms with van der Waals surface area (Å²) in [6.45, 7) is 0. The summed E-state index contributed by atoms with van der Waals surface area (Å²) >= 11 is 9.05. The lowest BCUT2D eigenvalue weighted by atomic mass is 10.2. The van der Waals surface area contributed by atoms with Crippen LogP contribution in [0.15, 0.2) is 34.8 Å². The van der Waals surface area contributed by atoms with Crippen molar-refractivity contribution in [2.75, 3.05) is 0 Å². The van der Waals surface area contributed by atoms with E-state index in [2.05, 4.69) is 20.9 Å². The smallest absolute Gasteiger partial charge is 0.220 e. The molecule has 4 nitrogen and oxygen atoms in total. The van der Waals surface area contributed by atoms with Gasteiger partial charge in [-0.1, -0.05) is 27.5 Å². The third-order valence-corrected chi connectivity index (χ3v) is 3.27. The number of halogens is 2. The number of carbonyl (C=O) groups is 1. The van der Waals surface area contributed by atoms with Crippen molar-refractivity contribution in [1.29, 1.82) is 5.26 Å². The molecule has 0 spiro atoms. The van der Waals surface area contributed by atoms with Gasteiger partial charge in [-0.15, -0.1) is 0 Å². The summed E-state index contributed by atoms with van der Waals surface area (Å²) in [5.74, 6) is 0.710. The van der Waals surface area contributed by atoms with Crippen molar-refractivity contribution < 1.29 is 9.53 Å². The van der Waals surface area contributed by atoms with E-state index in [1.807, 2.05) is 6.07 Å². The first kappa shape index (κ1) is 13.5. The number of hydrogen-bond acceptors (Lipinski definition) is 4. The van der Waals surface area contributed by atoms with E-state index in [0.29, 0.717) is 15.8 Å². The fourth-order valence-corrected chi connectivity index (χ4v) is 1.88. The Hall–Kier alpha value is -1.90. The highest BCUT2D eigenvalue weighted by molar-refractivity contribution is 9.10. The van der Waals surface area contributed by atoms with Crippen LogP contribution in [0.4, 0.5) is 0 Å². The Morgan fingerprint density at radius 1 is 1.37 bits per heavy atom. The number of hydrogen-bond donors (Lipinski definition) is 0. The van der Waals surface area contributed by atoms with Crippen LogP contribution in [0.5, 0.6) is 11.6 Å². The molecule has 2 rings (SSSR count).